The first kappa shape index (κ1) is 10.9. The Hall–Kier alpha value is -0.610. The van der Waals surface area contributed by atoms with Crippen LogP contribution in [0, 0.1) is 5.92 Å². The van der Waals surface area contributed by atoms with E-state index in [0.717, 1.165) is 26.2 Å². The van der Waals surface area contributed by atoms with Crippen molar-refractivity contribution in [1.82, 2.24) is 4.90 Å². The molecule has 0 aromatic rings. The van der Waals surface area contributed by atoms with Gasteiger partial charge >= 0.3 is 5.97 Å². The molecule has 0 bridgehead atoms. The maximum atomic E-state index is 11.2. The van der Waals surface area contributed by atoms with Gasteiger partial charge in [-0.25, -0.2) is 0 Å². The van der Waals surface area contributed by atoms with Crippen molar-refractivity contribution in [2.24, 2.45) is 5.92 Å². The lowest BCUT2D eigenvalue weighted by atomic mass is 10.1. The minimum atomic E-state index is -0.124. The van der Waals surface area contributed by atoms with Gasteiger partial charge in [-0.2, -0.15) is 0 Å². The van der Waals surface area contributed by atoms with Gasteiger partial charge in [-0.1, -0.05) is 0 Å². The molecule has 4 nitrogen and oxygen atoms in total. The smallest absolute Gasteiger partial charge is 0.319 e. The lowest BCUT2D eigenvalue weighted by Crippen LogP contribution is -2.36. The molecular weight excluding hydrogens is 194 g/mol. The molecule has 0 aromatic carbocycles. The van der Waals surface area contributed by atoms with Crippen LogP contribution in [-0.2, 0) is 14.3 Å². The van der Waals surface area contributed by atoms with Crippen LogP contribution in [0.5, 0.6) is 0 Å². The topological polar surface area (TPSA) is 38.8 Å². The first-order chi connectivity index (χ1) is 7.29. The van der Waals surface area contributed by atoms with Crippen molar-refractivity contribution >= 4 is 5.97 Å². The predicted octanol–water partition coefficient (Wildman–Crippen LogP) is 0.660. The molecule has 1 atom stereocenters. The molecule has 0 radical (unpaired) electrons. The Morgan fingerprint density at radius 1 is 1.47 bits per heavy atom. The van der Waals surface area contributed by atoms with Crippen LogP contribution in [-0.4, -0.2) is 50.3 Å². The number of carbonyl (C=O) groups excluding carboxylic acids is 1. The molecule has 1 heterocycles. The van der Waals surface area contributed by atoms with Gasteiger partial charge in [0.25, 0.3) is 0 Å². The van der Waals surface area contributed by atoms with Gasteiger partial charge in [0.1, 0.15) is 0 Å². The van der Waals surface area contributed by atoms with Gasteiger partial charge in [0, 0.05) is 19.2 Å². The molecule has 1 saturated heterocycles. The fraction of sp³-hybridized carbons (Fsp3) is 0.909. The van der Waals surface area contributed by atoms with E-state index in [0.29, 0.717) is 18.5 Å². The number of esters is 1. The van der Waals surface area contributed by atoms with Crippen molar-refractivity contribution in [2.75, 3.05) is 33.4 Å². The fourth-order valence-corrected chi connectivity index (χ4v) is 2.07. The van der Waals surface area contributed by atoms with Crippen molar-refractivity contribution < 1.29 is 14.3 Å². The van der Waals surface area contributed by atoms with Crippen LogP contribution in [0.2, 0.25) is 0 Å². The highest BCUT2D eigenvalue weighted by Gasteiger charge is 2.32. The van der Waals surface area contributed by atoms with E-state index in [1.807, 2.05) is 0 Å². The summed E-state index contributed by atoms with van der Waals surface area (Å²) in [4.78, 5) is 13.5. The van der Waals surface area contributed by atoms with Crippen LogP contribution in [0.15, 0.2) is 0 Å². The van der Waals surface area contributed by atoms with Gasteiger partial charge < -0.3 is 9.47 Å². The summed E-state index contributed by atoms with van der Waals surface area (Å²) in [5.41, 5.74) is 0. The summed E-state index contributed by atoms with van der Waals surface area (Å²) in [6.07, 6.45) is 3.58. The lowest BCUT2D eigenvalue weighted by molar-refractivity contribution is -0.142. The second-order valence-electron chi connectivity index (χ2n) is 4.47. The molecule has 1 saturated carbocycles. The van der Waals surface area contributed by atoms with E-state index >= 15 is 0 Å². The summed E-state index contributed by atoms with van der Waals surface area (Å²) in [6, 6.07) is 0.615. The maximum Gasteiger partial charge on any atom is 0.319 e. The van der Waals surface area contributed by atoms with E-state index in [9.17, 15) is 4.79 Å². The molecule has 2 rings (SSSR count). The Labute approximate surface area is 90.5 Å². The van der Waals surface area contributed by atoms with E-state index in [4.69, 9.17) is 9.47 Å². The molecule has 1 aliphatic heterocycles. The third-order valence-corrected chi connectivity index (χ3v) is 3.14. The number of nitrogens with zero attached hydrogens (tertiary/aromatic N) is 1. The highest BCUT2D eigenvalue weighted by Crippen LogP contribution is 2.28. The zero-order valence-electron chi connectivity index (χ0n) is 9.28. The fourth-order valence-electron chi connectivity index (χ4n) is 2.07. The Morgan fingerprint density at radius 3 is 2.80 bits per heavy atom. The van der Waals surface area contributed by atoms with Gasteiger partial charge in [0.15, 0.2) is 0 Å². The van der Waals surface area contributed by atoms with Crippen molar-refractivity contribution in [2.45, 2.75) is 25.3 Å². The molecule has 1 aliphatic carbocycles. The Kier molecular flexibility index (Phi) is 3.59. The van der Waals surface area contributed by atoms with Crippen LogP contribution in [0.1, 0.15) is 19.3 Å². The minimum absolute atomic E-state index is 0.124. The van der Waals surface area contributed by atoms with Crippen LogP contribution >= 0.6 is 0 Å². The summed E-state index contributed by atoms with van der Waals surface area (Å²) in [5, 5.41) is 0. The zero-order valence-corrected chi connectivity index (χ0v) is 9.28. The standard InChI is InChI=1S/C11H19NO3/c1-14-11(13)7-12(10-2-3-10)6-9-4-5-15-8-9/h9-10H,2-8H2,1H3/t9-/m0/s1. The second kappa shape index (κ2) is 4.94. The van der Waals surface area contributed by atoms with Crippen molar-refractivity contribution in [3.8, 4) is 0 Å². The van der Waals surface area contributed by atoms with Crippen molar-refractivity contribution in [1.29, 1.82) is 0 Å². The average molecular weight is 213 g/mol. The molecule has 86 valence electrons. The average Bonchev–Trinajstić information content (AvgIpc) is 2.97. The van der Waals surface area contributed by atoms with Crippen LogP contribution in [0.4, 0.5) is 0 Å². The van der Waals surface area contributed by atoms with E-state index in [1.54, 1.807) is 0 Å². The molecule has 0 N–H and O–H groups in total. The summed E-state index contributed by atoms with van der Waals surface area (Å²) < 4.78 is 10.1. The molecule has 2 aliphatic rings. The molecule has 0 aromatic heterocycles. The minimum Gasteiger partial charge on any atom is -0.468 e. The largest absolute Gasteiger partial charge is 0.468 e. The highest BCUT2D eigenvalue weighted by molar-refractivity contribution is 5.71. The Morgan fingerprint density at radius 2 is 2.27 bits per heavy atom. The summed E-state index contributed by atoms with van der Waals surface area (Å²) >= 11 is 0. The van der Waals surface area contributed by atoms with Gasteiger partial charge in [0.2, 0.25) is 0 Å². The summed E-state index contributed by atoms with van der Waals surface area (Å²) in [5.74, 6) is 0.482. The molecule has 15 heavy (non-hydrogen) atoms. The Balaban J connectivity index is 1.79. The molecule has 0 spiro atoms. The second-order valence-corrected chi connectivity index (χ2v) is 4.47. The summed E-state index contributed by atoms with van der Waals surface area (Å²) in [6.45, 7) is 3.16. The van der Waals surface area contributed by atoms with Crippen molar-refractivity contribution in [3.63, 3.8) is 0 Å². The van der Waals surface area contributed by atoms with E-state index in [2.05, 4.69) is 4.90 Å². The quantitative estimate of drug-likeness (QED) is 0.629. The lowest BCUT2D eigenvalue weighted by Gasteiger charge is -2.23. The zero-order chi connectivity index (χ0) is 10.7. The Bertz CT molecular complexity index is 222. The maximum absolute atomic E-state index is 11.2. The number of hydrogen-bond donors (Lipinski definition) is 0. The van der Waals surface area contributed by atoms with Crippen LogP contribution < -0.4 is 0 Å². The molecule has 0 unspecified atom stereocenters. The highest BCUT2D eigenvalue weighted by atomic mass is 16.5. The SMILES string of the molecule is COC(=O)CN(C[C@@H]1CCOC1)C1CC1. The monoisotopic (exact) mass is 213 g/mol. The molecule has 2 fully saturated rings. The van der Waals surface area contributed by atoms with Gasteiger partial charge in [0.05, 0.1) is 20.3 Å². The molecular formula is C11H19NO3. The van der Waals surface area contributed by atoms with E-state index in [1.165, 1.54) is 20.0 Å². The number of hydrogen-bond acceptors (Lipinski definition) is 4. The normalized spacial score (nSPS) is 25.9. The molecule has 0 amide bonds. The van der Waals surface area contributed by atoms with Crippen molar-refractivity contribution in [3.05, 3.63) is 0 Å². The van der Waals surface area contributed by atoms with Gasteiger partial charge in [-0.05, 0) is 25.2 Å². The number of rotatable bonds is 5. The van der Waals surface area contributed by atoms with E-state index < -0.39 is 0 Å². The van der Waals surface area contributed by atoms with E-state index in [-0.39, 0.29) is 5.97 Å². The third kappa shape index (κ3) is 3.18. The van der Waals surface area contributed by atoms with Gasteiger partial charge in [-0.3, -0.25) is 9.69 Å². The first-order valence-electron chi connectivity index (χ1n) is 5.68. The third-order valence-electron chi connectivity index (χ3n) is 3.14. The number of ether oxygens (including phenoxy) is 2. The predicted molar refractivity (Wildman–Crippen MR) is 55.5 cm³/mol. The molecule has 4 heteroatoms. The number of carbonyl (C=O) groups is 1. The van der Waals surface area contributed by atoms with Gasteiger partial charge in [-0.15, -0.1) is 0 Å². The first-order valence-corrected chi connectivity index (χ1v) is 5.68. The number of methoxy groups -OCH3 is 1. The van der Waals surface area contributed by atoms with Crippen LogP contribution in [0.3, 0.4) is 0 Å². The van der Waals surface area contributed by atoms with Crippen LogP contribution in [0.25, 0.3) is 0 Å². The summed E-state index contributed by atoms with van der Waals surface area (Å²) in [7, 11) is 1.45.